The van der Waals surface area contributed by atoms with E-state index < -0.39 is 5.79 Å². The van der Waals surface area contributed by atoms with Crippen LogP contribution >= 0.6 is 0 Å². The van der Waals surface area contributed by atoms with Crippen molar-refractivity contribution < 1.29 is 9.47 Å². The Bertz CT molecular complexity index is 1360. The zero-order valence-corrected chi connectivity index (χ0v) is 23.5. The zero-order valence-electron chi connectivity index (χ0n) is 23.5. The maximum absolute atomic E-state index is 6.77. The normalized spacial score (nSPS) is 22.8. The highest BCUT2D eigenvalue weighted by Crippen LogP contribution is 2.37. The van der Waals surface area contributed by atoms with Gasteiger partial charge in [0, 0.05) is 55.1 Å². The molecule has 0 bridgehead atoms. The Kier molecular flexibility index (Phi) is 7.39. The van der Waals surface area contributed by atoms with Crippen molar-refractivity contribution in [1.82, 2.24) is 15.3 Å². The third-order valence-corrected chi connectivity index (χ3v) is 8.59. The van der Waals surface area contributed by atoms with Crippen LogP contribution in [0.4, 0.5) is 11.5 Å². The number of aliphatic imine (C=N–C) groups is 1. The van der Waals surface area contributed by atoms with Crippen LogP contribution in [-0.4, -0.2) is 62.3 Å². The third-order valence-electron chi connectivity index (χ3n) is 8.59. The lowest BCUT2D eigenvalue weighted by molar-refractivity contribution is 0.169. The summed E-state index contributed by atoms with van der Waals surface area (Å²) >= 11 is 0. The molecule has 212 valence electrons. The highest BCUT2D eigenvalue weighted by atomic mass is 16.5. The van der Waals surface area contributed by atoms with Crippen molar-refractivity contribution in [3.8, 4) is 11.5 Å². The molecule has 1 aliphatic carbocycles. The first-order valence-electron chi connectivity index (χ1n) is 14.3. The molecule has 0 amide bonds. The number of aromatic nitrogens is 1. The number of methoxy groups -OCH3 is 2. The molecule has 40 heavy (non-hydrogen) atoms. The molecule has 0 spiro atoms. The van der Waals surface area contributed by atoms with Crippen molar-refractivity contribution in [2.24, 2.45) is 16.5 Å². The molecule has 0 radical (unpaired) electrons. The van der Waals surface area contributed by atoms with Crippen molar-refractivity contribution in [3.63, 3.8) is 0 Å². The van der Waals surface area contributed by atoms with Crippen LogP contribution in [0.2, 0.25) is 0 Å². The van der Waals surface area contributed by atoms with Crippen LogP contribution in [0.5, 0.6) is 11.5 Å². The third kappa shape index (κ3) is 5.02. The molecule has 1 saturated heterocycles. The van der Waals surface area contributed by atoms with E-state index in [0.29, 0.717) is 17.3 Å². The van der Waals surface area contributed by atoms with Gasteiger partial charge < -0.3 is 20.1 Å². The van der Waals surface area contributed by atoms with E-state index >= 15 is 0 Å². The molecular formula is C30H40N8O2. The molecular weight excluding hydrogens is 504 g/mol. The molecule has 1 unspecified atom stereocenters. The molecule has 2 fully saturated rings. The summed E-state index contributed by atoms with van der Waals surface area (Å²) in [7, 11) is 3.22. The van der Waals surface area contributed by atoms with Gasteiger partial charge in [-0.05, 0) is 48.6 Å². The van der Waals surface area contributed by atoms with Crippen molar-refractivity contribution in [2.45, 2.75) is 50.4 Å². The van der Waals surface area contributed by atoms with Crippen LogP contribution in [-0.2, 0) is 5.79 Å². The largest absolute Gasteiger partial charge is 0.493 e. The van der Waals surface area contributed by atoms with E-state index in [1.54, 1.807) is 25.4 Å². The number of hydrogen-bond acceptors (Lipinski definition) is 10. The molecule has 6 rings (SSSR count). The fourth-order valence-electron chi connectivity index (χ4n) is 6.33. The summed E-state index contributed by atoms with van der Waals surface area (Å²) < 4.78 is 11.0. The van der Waals surface area contributed by atoms with Gasteiger partial charge in [0.25, 0.3) is 0 Å². The smallest absolute Gasteiger partial charge is 0.215 e. The summed E-state index contributed by atoms with van der Waals surface area (Å²) in [5.74, 6) is 0.832. The van der Waals surface area contributed by atoms with Crippen molar-refractivity contribution >= 4 is 28.2 Å². The minimum atomic E-state index is -1.22. The van der Waals surface area contributed by atoms with Gasteiger partial charge in [-0.15, -0.1) is 0 Å². The Morgan fingerprint density at radius 1 is 0.900 bits per heavy atom. The molecule has 1 aromatic heterocycles. The SMILES string of the molecule is COc1cc2ccnc(N3NC(N)(c4ccc(N5CCN(C6CCCCCC6)CC5)cc4)N=C3N)c2cc1OC. The van der Waals surface area contributed by atoms with Crippen LogP contribution in [0.3, 0.4) is 0 Å². The zero-order chi connectivity index (χ0) is 27.7. The Morgan fingerprint density at radius 3 is 2.25 bits per heavy atom. The van der Waals surface area contributed by atoms with Gasteiger partial charge in [-0.1, -0.05) is 37.8 Å². The summed E-state index contributed by atoms with van der Waals surface area (Å²) in [5, 5.41) is 3.39. The number of ether oxygens (including phenoxy) is 2. The van der Waals surface area contributed by atoms with Crippen molar-refractivity contribution in [3.05, 3.63) is 54.2 Å². The quantitative estimate of drug-likeness (QED) is 0.401. The van der Waals surface area contributed by atoms with E-state index in [1.165, 1.54) is 44.2 Å². The molecule has 1 atom stereocenters. The minimum Gasteiger partial charge on any atom is -0.493 e. The van der Waals surface area contributed by atoms with Gasteiger partial charge in [-0.2, -0.15) is 5.43 Å². The first-order valence-corrected chi connectivity index (χ1v) is 14.3. The summed E-state index contributed by atoms with van der Waals surface area (Å²) in [6, 6.07) is 14.8. The number of guanidine groups is 1. The Hall–Kier alpha value is -3.60. The molecule has 10 heteroatoms. The number of nitrogens with one attached hydrogen (secondary N) is 1. The van der Waals surface area contributed by atoms with E-state index in [-0.39, 0.29) is 5.96 Å². The number of benzene rings is 2. The van der Waals surface area contributed by atoms with Gasteiger partial charge in [0.15, 0.2) is 17.3 Å². The first kappa shape index (κ1) is 26.6. The van der Waals surface area contributed by atoms with Crippen molar-refractivity contribution in [2.75, 3.05) is 50.3 Å². The van der Waals surface area contributed by atoms with E-state index in [1.807, 2.05) is 30.3 Å². The highest BCUT2D eigenvalue weighted by Gasteiger charge is 2.38. The van der Waals surface area contributed by atoms with E-state index in [2.05, 4.69) is 37.3 Å². The summed E-state index contributed by atoms with van der Waals surface area (Å²) in [6.45, 7) is 4.34. The number of nitrogens with zero attached hydrogens (tertiary/aromatic N) is 5. The summed E-state index contributed by atoms with van der Waals surface area (Å²) in [6.07, 6.45) is 10.00. The van der Waals surface area contributed by atoms with Gasteiger partial charge in [-0.25, -0.2) is 15.0 Å². The van der Waals surface area contributed by atoms with E-state index in [4.69, 9.17) is 20.9 Å². The molecule has 5 N–H and O–H groups in total. The number of hydrogen-bond donors (Lipinski definition) is 3. The maximum Gasteiger partial charge on any atom is 0.215 e. The highest BCUT2D eigenvalue weighted by molar-refractivity contribution is 6.04. The first-order chi connectivity index (χ1) is 19.5. The molecule has 3 heterocycles. The summed E-state index contributed by atoms with van der Waals surface area (Å²) in [4.78, 5) is 14.4. The Morgan fingerprint density at radius 2 is 1.57 bits per heavy atom. The standard InChI is InChI=1S/C30H40N8O2/c1-39-26-19-21-13-14-33-28(25(21)20-27(26)40-2)38-29(31)34-30(32,35-38)22-9-11-24(12-10-22)37-17-15-36(16-18-37)23-7-5-3-4-6-8-23/h9-14,19-20,23,35H,3-8,15-18,32H2,1-2H3,(H2,31,34). The van der Waals surface area contributed by atoms with E-state index in [9.17, 15) is 0 Å². The van der Waals surface area contributed by atoms with Crippen LogP contribution in [0.25, 0.3) is 10.8 Å². The average molecular weight is 545 g/mol. The van der Waals surface area contributed by atoms with Gasteiger partial charge in [-0.3, -0.25) is 10.6 Å². The molecule has 3 aliphatic rings. The molecule has 1 saturated carbocycles. The second-order valence-electron chi connectivity index (χ2n) is 11.0. The lowest BCUT2D eigenvalue weighted by Crippen LogP contribution is -2.53. The second-order valence-corrected chi connectivity index (χ2v) is 11.0. The molecule has 10 nitrogen and oxygen atoms in total. The number of anilines is 2. The number of hydrazine groups is 1. The number of rotatable bonds is 6. The molecule has 2 aliphatic heterocycles. The molecule has 3 aromatic rings. The predicted octanol–water partition coefficient (Wildman–Crippen LogP) is 3.51. The fourth-order valence-corrected chi connectivity index (χ4v) is 6.33. The molecule has 2 aromatic carbocycles. The Labute approximate surface area is 235 Å². The monoisotopic (exact) mass is 544 g/mol. The predicted molar refractivity (Wildman–Crippen MR) is 160 cm³/mol. The Balaban J connectivity index is 1.17. The number of piperazine rings is 1. The summed E-state index contributed by atoms with van der Waals surface area (Å²) in [5.41, 5.74) is 18.5. The van der Waals surface area contributed by atoms with Gasteiger partial charge in [0.1, 0.15) is 0 Å². The maximum atomic E-state index is 6.77. The van der Waals surface area contributed by atoms with Crippen LogP contribution in [0, 0.1) is 0 Å². The average Bonchev–Trinajstić information content (AvgIpc) is 3.14. The fraction of sp³-hybridized carbons (Fsp3) is 0.467. The second kappa shape index (κ2) is 11.1. The van der Waals surface area contributed by atoms with Crippen LogP contribution < -0.4 is 36.3 Å². The lowest BCUT2D eigenvalue weighted by Gasteiger charge is -2.40. The van der Waals surface area contributed by atoms with Gasteiger partial charge in [0.05, 0.1) is 14.2 Å². The number of pyridine rings is 1. The lowest BCUT2D eigenvalue weighted by atomic mass is 10.1. The van der Waals surface area contributed by atoms with Crippen molar-refractivity contribution in [1.29, 1.82) is 0 Å². The van der Waals surface area contributed by atoms with Crippen LogP contribution in [0.15, 0.2) is 53.7 Å². The van der Waals surface area contributed by atoms with Crippen LogP contribution in [0.1, 0.15) is 44.1 Å². The van der Waals surface area contributed by atoms with Gasteiger partial charge in [0.2, 0.25) is 11.7 Å². The van der Waals surface area contributed by atoms with E-state index in [0.717, 1.165) is 48.6 Å². The topological polar surface area (TPSA) is 117 Å². The minimum absolute atomic E-state index is 0.232. The number of fused-ring (bicyclic) bond motifs is 1. The van der Waals surface area contributed by atoms with Gasteiger partial charge >= 0.3 is 0 Å². The number of nitrogens with two attached hydrogens (primary N) is 2.